The number of rotatable bonds is 12. The number of oxime groups is 1. The Morgan fingerprint density at radius 2 is 1.60 bits per heavy atom. The SMILES string of the molecule is CCCCOC(=O)CN(CC(=O)OCCCC)c1ccc(C=C2C(=O)ON=C2C(C)(C)C)c(C)c1. The van der Waals surface area contributed by atoms with Crippen LogP contribution in [0.5, 0.6) is 0 Å². The topological polar surface area (TPSA) is 94.5 Å². The van der Waals surface area contributed by atoms with E-state index >= 15 is 0 Å². The number of benzene rings is 1. The third-order valence-electron chi connectivity index (χ3n) is 5.49. The molecule has 1 heterocycles. The number of ether oxygens (including phenoxy) is 2. The number of nitrogens with zero attached hydrogens (tertiary/aromatic N) is 2. The Bertz CT molecular complexity index is 950. The Kier molecular flexibility index (Phi) is 10.5. The molecule has 0 spiro atoms. The van der Waals surface area contributed by atoms with Gasteiger partial charge in [-0.1, -0.05) is 58.7 Å². The van der Waals surface area contributed by atoms with Crippen LogP contribution in [-0.2, 0) is 28.7 Å². The second kappa shape index (κ2) is 13.1. The van der Waals surface area contributed by atoms with Crippen LogP contribution in [0.2, 0.25) is 0 Å². The number of hydrogen-bond donors (Lipinski definition) is 0. The van der Waals surface area contributed by atoms with Crippen molar-refractivity contribution in [1.29, 1.82) is 0 Å². The van der Waals surface area contributed by atoms with E-state index in [2.05, 4.69) is 5.16 Å². The number of hydrogen-bond acceptors (Lipinski definition) is 8. The second-order valence-electron chi connectivity index (χ2n) is 9.67. The van der Waals surface area contributed by atoms with Gasteiger partial charge in [-0.3, -0.25) is 9.59 Å². The molecule has 8 nitrogen and oxygen atoms in total. The fourth-order valence-corrected chi connectivity index (χ4v) is 3.43. The summed E-state index contributed by atoms with van der Waals surface area (Å²) in [6, 6.07) is 5.53. The summed E-state index contributed by atoms with van der Waals surface area (Å²) in [4.78, 5) is 43.6. The maximum atomic E-state index is 12.4. The molecule has 0 bridgehead atoms. The van der Waals surface area contributed by atoms with Crippen LogP contribution in [0.25, 0.3) is 6.08 Å². The maximum Gasteiger partial charge on any atom is 0.367 e. The van der Waals surface area contributed by atoms with Crippen molar-refractivity contribution in [2.75, 3.05) is 31.2 Å². The molecule has 1 aliphatic heterocycles. The summed E-state index contributed by atoms with van der Waals surface area (Å²) < 4.78 is 10.6. The first-order valence-corrected chi connectivity index (χ1v) is 12.3. The number of anilines is 1. The summed E-state index contributed by atoms with van der Waals surface area (Å²) in [5, 5.41) is 3.96. The van der Waals surface area contributed by atoms with E-state index < -0.39 is 17.9 Å². The van der Waals surface area contributed by atoms with Gasteiger partial charge < -0.3 is 19.2 Å². The highest BCUT2D eigenvalue weighted by molar-refractivity contribution is 6.26. The van der Waals surface area contributed by atoms with Gasteiger partial charge in [0.2, 0.25) is 0 Å². The predicted octanol–water partition coefficient (Wildman–Crippen LogP) is 4.83. The monoisotopic (exact) mass is 486 g/mol. The summed E-state index contributed by atoms with van der Waals surface area (Å²) in [5.41, 5.74) is 3.03. The van der Waals surface area contributed by atoms with Crippen LogP contribution in [-0.4, -0.2) is 49.9 Å². The van der Waals surface area contributed by atoms with Crippen molar-refractivity contribution in [1.82, 2.24) is 0 Å². The van der Waals surface area contributed by atoms with E-state index in [4.69, 9.17) is 14.3 Å². The molecule has 8 heteroatoms. The van der Waals surface area contributed by atoms with Gasteiger partial charge in [0.05, 0.1) is 18.8 Å². The van der Waals surface area contributed by atoms with E-state index in [0.29, 0.717) is 30.2 Å². The van der Waals surface area contributed by atoms with Crippen LogP contribution in [0, 0.1) is 12.3 Å². The number of unbranched alkanes of at least 4 members (excludes halogenated alkanes) is 2. The lowest BCUT2D eigenvalue weighted by atomic mass is 9.85. The molecule has 0 saturated carbocycles. The van der Waals surface area contributed by atoms with Crippen molar-refractivity contribution < 1.29 is 28.7 Å². The molecular weight excluding hydrogens is 448 g/mol. The highest BCUT2D eigenvalue weighted by atomic mass is 16.7. The summed E-state index contributed by atoms with van der Waals surface area (Å²) in [6.07, 6.45) is 5.18. The molecular formula is C27H38N2O6. The van der Waals surface area contributed by atoms with E-state index in [-0.39, 0.29) is 18.5 Å². The minimum atomic E-state index is -0.482. The highest BCUT2D eigenvalue weighted by Crippen LogP contribution is 2.29. The zero-order chi connectivity index (χ0) is 26.0. The first-order chi connectivity index (χ1) is 16.6. The normalized spacial score (nSPS) is 14.5. The number of aryl methyl sites for hydroxylation is 1. The van der Waals surface area contributed by atoms with Crippen LogP contribution >= 0.6 is 0 Å². The van der Waals surface area contributed by atoms with Crippen molar-refractivity contribution in [3.05, 3.63) is 34.9 Å². The van der Waals surface area contributed by atoms with Crippen molar-refractivity contribution in [3.63, 3.8) is 0 Å². The molecule has 1 aliphatic rings. The van der Waals surface area contributed by atoms with E-state index in [9.17, 15) is 14.4 Å². The molecule has 192 valence electrons. The highest BCUT2D eigenvalue weighted by Gasteiger charge is 2.34. The first-order valence-electron chi connectivity index (χ1n) is 12.3. The molecule has 1 aromatic rings. The molecule has 35 heavy (non-hydrogen) atoms. The van der Waals surface area contributed by atoms with Crippen molar-refractivity contribution >= 4 is 35.4 Å². The van der Waals surface area contributed by atoms with Crippen LogP contribution < -0.4 is 4.90 Å². The third-order valence-corrected chi connectivity index (χ3v) is 5.49. The molecule has 0 aromatic heterocycles. The van der Waals surface area contributed by atoms with E-state index in [1.807, 2.05) is 59.7 Å². The number of carbonyl (C=O) groups excluding carboxylic acids is 3. The molecule has 0 saturated heterocycles. The molecule has 0 amide bonds. The Hall–Kier alpha value is -3.16. The predicted molar refractivity (Wildman–Crippen MR) is 136 cm³/mol. The molecule has 0 aliphatic carbocycles. The molecule has 0 radical (unpaired) electrons. The largest absolute Gasteiger partial charge is 0.464 e. The quantitative estimate of drug-likeness (QED) is 0.181. The van der Waals surface area contributed by atoms with Gasteiger partial charge in [0.15, 0.2) is 0 Å². The van der Waals surface area contributed by atoms with Crippen molar-refractivity contribution in [2.45, 2.75) is 67.2 Å². The van der Waals surface area contributed by atoms with Crippen molar-refractivity contribution in [2.24, 2.45) is 10.6 Å². The van der Waals surface area contributed by atoms with Gasteiger partial charge in [-0.15, -0.1) is 0 Å². The van der Waals surface area contributed by atoms with E-state index in [0.717, 1.165) is 36.8 Å². The molecule has 1 aromatic carbocycles. The minimum Gasteiger partial charge on any atom is -0.464 e. The molecule has 0 unspecified atom stereocenters. The third kappa shape index (κ3) is 8.53. The van der Waals surface area contributed by atoms with Crippen molar-refractivity contribution in [3.8, 4) is 0 Å². The lowest BCUT2D eigenvalue weighted by Gasteiger charge is -2.24. The molecule has 0 atom stereocenters. The summed E-state index contributed by atoms with van der Waals surface area (Å²) in [7, 11) is 0. The Balaban J connectivity index is 2.27. The zero-order valence-electron chi connectivity index (χ0n) is 21.8. The lowest BCUT2D eigenvalue weighted by Crippen LogP contribution is -2.36. The van der Waals surface area contributed by atoms with E-state index in [1.54, 1.807) is 11.0 Å². The lowest BCUT2D eigenvalue weighted by molar-refractivity contribution is -0.143. The van der Waals surface area contributed by atoms with Gasteiger partial charge in [0.25, 0.3) is 0 Å². The average Bonchev–Trinajstić information content (AvgIpc) is 3.15. The molecule has 0 N–H and O–H groups in total. The Labute approximate surface area is 208 Å². The smallest absolute Gasteiger partial charge is 0.367 e. The standard InChI is InChI=1S/C27H38N2O6/c1-7-9-13-33-23(30)17-29(18-24(31)34-14-10-8-2)21-12-11-20(19(3)15-21)16-22-25(27(4,5)6)28-35-26(22)32/h11-12,15-16H,7-10,13-14,17-18H2,1-6H3. The average molecular weight is 487 g/mol. The Morgan fingerprint density at radius 1 is 1.03 bits per heavy atom. The van der Waals surface area contributed by atoms with Crippen LogP contribution in [0.1, 0.15) is 71.4 Å². The summed E-state index contributed by atoms with van der Waals surface area (Å²) in [6.45, 7) is 12.4. The summed E-state index contributed by atoms with van der Waals surface area (Å²) in [5.74, 6) is -1.28. The van der Waals surface area contributed by atoms with Gasteiger partial charge in [-0.2, -0.15) is 0 Å². The zero-order valence-corrected chi connectivity index (χ0v) is 21.8. The molecule has 0 fully saturated rings. The van der Waals surface area contributed by atoms with Gasteiger partial charge in [-0.25, -0.2) is 4.79 Å². The van der Waals surface area contributed by atoms with Crippen LogP contribution in [0.4, 0.5) is 5.69 Å². The fourth-order valence-electron chi connectivity index (χ4n) is 3.43. The Morgan fingerprint density at radius 3 is 2.09 bits per heavy atom. The number of esters is 2. The second-order valence-corrected chi connectivity index (χ2v) is 9.67. The fraction of sp³-hybridized carbons (Fsp3) is 0.556. The van der Waals surface area contributed by atoms with Crippen LogP contribution in [0.15, 0.2) is 28.9 Å². The summed E-state index contributed by atoms with van der Waals surface area (Å²) >= 11 is 0. The van der Waals surface area contributed by atoms with Crippen LogP contribution in [0.3, 0.4) is 0 Å². The van der Waals surface area contributed by atoms with Gasteiger partial charge in [0, 0.05) is 11.1 Å². The van der Waals surface area contributed by atoms with Gasteiger partial charge in [-0.05, 0) is 49.1 Å². The van der Waals surface area contributed by atoms with Gasteiger partial charge in [0.1, 0.15) is 18.8 Å². The maximum absolute atomic E-state index is 12.4. The van der Waals surface area contributed by atoms with Gasteiger partial charge >= 0.3 is 17.9 Å². The number of carbonyl (C=O) groups is 3. The minimum absolute atomic E-state index is 0.0698. The van der Waals surface area contributed by atoms with E-state index in [1.165, 1.54) is 0 Å². The first kappa shape index (κ1) is 28.1. The molecule has 2 rings (SSSR count).